The van der Waals surface area contributed by atoms with Crippen molar-refractivity contribution in [1.29, 1.82) is 0 Å². The summed E-state index contributed by atoms with van der Waals surface area (Å²) in [5.41, 5.74) is 1.31. The maximum atomic E-state index is 13.5. The molecule has 0 aromatic heterocycles. The SMILES string of the molecule is O=C(NCCO)C1=C[C@@H](N(C[C@H]2CCCO2)C(=O)C2CCC2)[C@H](O)[C@H]2Oc3ccccc3[C@@H]12. The molecule has 8 heteroatoms. The number of carbonyl (C=O) groups is 2. The van der Waals surface area contributed by atoms with Gasteiger partial charge in [-0.2, -0.15) is 0 Å². The van der Waals surface area contributed by atoms with Gasteiger partial charge in [0.25, 0.3) is 0 Å². The third kappa shape index (κ3) is 4.16. The molecular formula is C25H32N2O6. The van der Waals surface area contributed by atoms with Gasteiger partial charge in [-0.1, -0.05) is 24.6 Å². The minimum atomic E-state index is -0.984. The number of rotatable bonds is 7. The number of hydrogen-bond donors (Lipinski definition) is 3. The molecule has 2 aliphatic heterocycles. The van der Waals surface area contributed by atoms with Crippen molar-refractivity contribution in [2.24, 2.45) is 5.92 Å². The van der Waals surface area contributed by atoms with Crippen LogP contribution in [0.15, 0.2) is 35.9 Å². The average molecular weight is 457 g/mol. The van der Waals surface area contributed by atoms with Gasteiger partial charge in [0, 0.05) is 36.8 Å². The highest BCUT2D eigenvalue weighted by atomic mass is 16.5. The van der Waals surface area contributed by atoms with Crippen LogP contribution in [0.5, 0.6) is 5.75 Å². The summed E-state index contributed by atoms with van der Waals surface area (Å²) in [5.74, 6) is -0.137. The third-order valence-corrected chi connectivity index (χ3v) is 7.40. The first-order chi connectivity index (χ1) is 16.1. The molecule has 5 atom stereocenters. The Bertz CT molecular complexity index is 923. The minimum Gasteiger partial charge on any atom is -0.486 e. The van der Waals surface area contributed by atoms with Crippen LogP contribution in [-0.4, -0.2) is 77.6 Å². The number of carbonyl (C=O) groups excluding carboxylic acids is 2. The van der Waals surface area contributed by atoms with Crippen LogP contribution in [0.3, 0.4) is 0 Å². The first kappa shape index (κ1) is 22.4. The number of aliphatic hydroxyl groups excluding tert-OH is 2. The van der Waals surface area contributed by atoms with E-state index < -0.39 is 24.2 Å². The predicted octanol–water partition coefficient (Wildman–Crippen LogP) is 1.12. The van der Waals surface area contributed by atoms with Crippen LogP contribution >= 0.6 is 0 Å². The standard InChI is InChI=1S/C25H32N2O6/c28-11-10-26-24(30)18-13-19(22(29)23-21(18)17-8-1-2-9-20(17)33-23)27(14-16-7-4-12-32-16)25(31)15-5-3-6-15/h1-2,8-9,13,15-16,19,21-23,28-29H,3-7,10-12,14H2,(H,26,30)/t16-,19-,21+,22+,23+/m1/s1. The van der Waals surface area contributed by atoms with Gasteiger partial charge in [0.15, 0.2) is 0 Å². The van der Waals surface area contributed by atoms with E-state index in [0.29, 0.717) is 24.5 Å². The van der Waals surface area contributed by atoms with E-state index in [1.54, 1.807) is 11.0 Å². The van der Waals surface area contributed by atoms with Crippen molar-refractivity contribution >= 4 is 11.8 Å². The van der Waals surface area contributed by atoms with Crippen LogP contribution in [0.1, 0.15) is 43.6 Å². The maximum absolute atomic E-state index is 13.5. The minimum absolute atomic E-state index is 0.0149. The molecule has 178 valence electrons. The monoisotopic (exact) mass is 456 g/mol. The van der Waals surface area contributed by atoms with Crippen molar-refractivity contribution in [2.75, 3.05) is 26.3 Å². The molecule has 3 N–H and O–H groups in total. The molecule has 2 amide bonds. The summed E-state index contributed by atoms with van der Waals surface area (Å²) in [7, 11) is 0. The molecule has 1 saturated heterocycles. The number of hydrogen-bond acceptors (Lipinski definition) is 6. The number of benzene rings is 1. The summed E-state index contributed by atoms with van der Waals surface area (Å²) in [6.07, 6.45) is 4.59. The molecule has 5 rings (SSSR count). The zero-order chi connectivity index (χ0) is 22.9. The fourth-order valence-electron chi connectivity index (χ4n) is 5.45. The average Bonchev–Trinajstić information content (AvgIpc) is 3.43. The summed E-state index contributed by atoms with van der Waals surface area (Å²) in [4.78, 5) is 28.3. The molecule has 0 bridgehead atoms. The van der Waals surface area contributed by atoms with Gasteiger partial charge in [0.1, 0.15) is 18.0 Å². The first-order valence-corrected chi connectivity index (χ1v) is 12.0. The molecule has 1 aromatic rings. The van der Waals surface area contributed by atoms with Crippen molar-refractivity contribution in [3.8, 4) is 5.75 Å². The Morgan fingerprint density at radius 2 is 1.97 bits per heavy atom. The Morgan fingerprint density at radius 1 is 1.15 bits per heavy atom. The Kier molecular flexibility index (Phi) is 6.40. The van der Waals surface area contributed by atoms with Crippen LogP contribution < -0.4 is 10.1 Å². The van der Waals surface area contributed by atoms with Crippen molar-refractivity contribution in [2.45, 2.75) is 62.4 Å². The Morgan fingerprint density at radius 3 is 2.67 bits per heavy atom. The van der Waals surface area contributed by atoms with E-state index >= 15 is 0 Å². The van der Waals surface area contributed by atoms with Gasteiger partial charge in [-0.15, -0.1) is 0 Å². The van der Waals surface area contributed by atoms with Crippen LogP contribution in [0.2, 0.25) is 0 Å². The summed E-state index contributed by atoms with van der Waals surface area (Å²) < 4.78 is 12.0. The molecular weight excluding hydrogens is 424 g/mol. The topological polar surface area (TPSA) is 108 Å². The molecule has 4 aliphatic rings. The number of para-hydroxylation sites is 1. The second-order valence-electron chi connectivity index (χ2n) is 9.43. The lowest BCUT2D eigenvalue weighted by Crippen LogP contribution is -2.58. The molecule has 0 unspecified atom stereocenters. The molecule has 2 fully saturated rings. The largest absolute Gasteiger partial charge is 0.486 e. The van der Waals surface area contributed by atoms with Crippen LogP contribution in [0.4, 0.5) is 0 Å². The van der Waals surface area contributed by atoms with Gasteiger partial charge in [-0.25, -0.2) is 0 Å². The lowest BCUT2D eigenvalue weighted by atomic mass is 9.76. The van der Waals surface area contributed by atoms with E-state index in [1.165, 1.54) is 0 Å². The molecule has 1 saturated carbocycles. The summed E-state index contributed by atoms with van der Waals surface area (Å²) >= 11 is 0. The highest BCUT2D eigenvalue weighted by molar-refractivity contribution is 5.96. The quantitative estimate of drug-likeness (QED) is 0.568. The lowest BCUT2D eigenvalue weighted by Gasteiger charge is -2.43. The smallest absolute Gasteiger partial charge is 0.247 e. The number of nitrogens with one attached hydrogen (secondary N) is 1. The van der Waals surface area contributed by atoms with Crippen LogP contribution in [0, 0.1) is 5.92 Å². The van der Waals surface area contributed by atoms with Crippen molar-refractivity contribution in [1.82, 2.24) is 10.2 Å². The van der Waals surface area contributed by atoms with Gasteiger partial charge < -0.3 is 29.9 Å². The maximum Gasteiger partial charge on any atom is 0.247 e. The Balaban J connectivity index is 1.51. The van der Waals surface area contributed by atoms with Crippen molar-refractivity contribution in [3.63, 3.8) is 0 Å². The second-order valence-corrected chi connectivity index (χ2v) is 9.43. The number of aliphatic hydroxyl groups is 2. The van der Waals surface area contributed by atoms with E-state index in [-0.39, 0.29) is 37.0 Å². The van der Waals surface area contributed by atoms with E-state index in [1.807, 2.05) is 24.3 Å². The predicted molar refractivity (Wildman–Crippen MR) is 120 cm³/mol. The summed E-state index contributed by atoms with van der Waals surface area (Å²) in [6.45, 7) is 1.03. The fraction of sp³-hybridized carbons (Fsp3) is 0.600. The van der Waals surface area contributed by atoms with Gasteiger partial charge >= 0.3 is 0 Å². The van der Waals surface area contributed by atoms with Gasteiger partial charge in [-0.3, -0.25) is 9.59 Å². The second kappa shape index (κ2) is 9.44. The highest BCUT2D eigenvalue weighted by Gasteiger charge is 2.51. The Labute approximate surface area is 193 Å². The zero-order valence-corrected chi connectivity index (χ0v) is 18.7. The normalized spacial score (nSPS) is 30.5. The summed E-state index contributed by atoms with van der Waals surface area (Å²) in [6, 6.07) is 6.80. The molecule has 0 radical (unpaired) electrons. The summed E-state index contributed by atoms with van der Waals surface area (Å²) in [5, 5.41) is 23.4. The Hall–Kier alpha value is -2.42. The molecule has 0 spiro atoms. The van der Waals surface area contributed by atoms with E-state index in [2.05, 4.69) is 5.32 Å². The van der Waals surface area contributed by atoms with Gasteiger partial charge in [-0.05, 0) is 37.8 Å². The van der Waals surface area contributed by atoms with E-state index in [0.717, 1.165) is 37.7 Å². The van der Waals surface area contributed by atoms with Crippen LogP contribution in [0.25, 0.3) is 0 Å². The fourth-order valence-corrected chi connectivity index (χ4v) is 5.45. The molecule has 8 nitrogen and oxygen atoms in total. The number of ether oxygens (including phenoxy) is 2. The molecule has 1 aromatic carbocycles. The molecule has 33 heavy (non-hydrogen) atoms. The first-order valence-electron chi connectivity index (χ1n) is 12.0. The molecule has 2 aliphatic carbocycles. The molecule has 2 heterocycles. The number of nitrogens with zero attached hydrogens (tertiary/aromatic N) is 1. The van der Waals surface area contributed by atoms with Gasteiger partial charge in [0.2, 0.25) is 11.8 Å². The van der Waals surface area contributed by atoms with Crippen molar-refractivity contribution < 1.29 is 29.3 Å². The van der Waals surface area contributed by atoms with Gasteiger partial charge in [0.05, 0.1) is 24.7 Å². The van der Waals surface area contributed by atoms with Crippen molar-refractivity contribution in [3.05, 3.63) is 41.5 Å². The zero-order valence-electron chi connectivity index (χ0n) is 18.7. The van der Waals surface area contributed by atoms with Crippen LogP contribution in [-0.2, 0) is 14.3 Å². The van der Waals surface area contributed by atoms with E-state index in [4.69, 9.17) is 9.47 Å². The highest BCUT2D eigenvalue weighted by Crippen LogP contribution is 2.47. The number of amides is 2. The number of fused-ring (bicyclic) bond motifs is 3. The lowest BCUT2D eigenvalue weighted by molar-refractivity contribution is -0.146. The third-order valence-electron chi connectivity index (χ3n) is 7.40. The van der Waals surface area contributed by atoms with E-state index in [9.17, 15) is 19.8 Å².